The Labute approximate surface area is 142 Å². The number of nitrogens with zero attached hydrogens (tertiary/aromatic N) is 1. The van der Waals surface area contributed by atoms with E-state index in [1.54, 1.807) is 12.1 Å². The first-order chi connectivity index (χ1) is 11.6. The SMILES string of the molecule is Cc1cccc(C2CCCCCN2C(=O)Nc2cccc(F)c2)c1. The molecule has 24 heavy (non-hydrogen) atoms. The zero-order chi connectivity index (χ0) is 16.9. The molecule has 0 aromatic heterocycles. The van der Waals surface area contributed by atoms with Gasteiger partial charge in [0.05, 0.1) is 6.04 Å². The summed E-state index contributed by atoms with van der Waals surface area (Å²) in [6.07, 6.45) is 4.20. The van der Waals surface area contributed by atoms with Crippen molar-refractivity contribution in [3.8, 4) is 0 Å². The molecule has 1 N–H and O–H groups in total. The number of amides is 2. The van der Waals surface area contributed by atoms with Gasteiger partial charge in [-0.1, -0.05) is 48.7 Å². The molecule has 1 fully saturated rings. The van der Waals surface area contributed by atoms with E-state index in [2.05, 4.69) is 30.4 Å². The van der Waals surface area contributed by atoms with Crippen molar-refractivity contribution in [1.82, 2.24) is 4.90 Å². The first-order valence-corrected chi connectivity index (χ1v) is 8.53. The molecule has 2 aromatic rings. The maximum atomic E-state index is 13.3. The molecule has 4 heteroatoms. The van der Waals surface area contributed by atoms with Crippen molar-refractivity contribution in [1.29, 1.82) is 0 Å². The molecule has 0 aliphatic carbocycles. The van der Waals surface area contributed by atoms with E-state index in [0.717, 1.165) is 32.2 Å². The molecule has 1 atom stereocenters. The Morgan fingerprint density at radius 1 is 1.12 bits per heavy atom. The molecule has 1 heterocycles. The molecule has 0 radical (unpaired) electrons. The molecular weight excluding hydrogens is 303 g/mol. The van der Waals surface area contributed by atoms with Crippen LogP contribution in [0.3, 0.4) is 0 Å². The number of nitrogens with one attached hydrogen (secondary N) is 1. The summed E-state index contributed by atoms with van der Waals surface area (Å²) in [7, 11) is 0. The molecular formula is C20H23FN2O. The predicted molar refractivity (Wildman–Crippen MR) is 94.5 cm³/mol. The van der Waals surface area contributed by atoms with Crippen molar-refractivity contribution in [3.05, 3.63) is 65.5 Å². The third-order valence-electron chi connectivity index (χ3n) is 4.52. The van der Waals surface area contributed by atoms with Crippen LogP contribution >= 0.6 is 0 Å². The minimum atomic E-state index is -0.348. The third kappa shape index (κ3) is 3.94. The molecule has 0 saturated carbocycles. The van der Waals surface area contributed by atoms with E-state index in [4.69, 9.17) is 0 Å². The molecule has 3 rings (SSSR count). The van der Waals surface area contributed by atoms with Crippen LogP contribution in [0.5, 0.6) is 0 Å². The van der Waals surface area contributed by atoms with Crippen LogP contribution in [0.15, 0.2) is 48.5 Å². The third-order valence-corrected chi connectivity index (χ3v) is 4.52. The van der Waals surface area contributed by atoms with Gasteiger partial charge in [-0.05, 0) is 43.5 Å². The molecule has 2 aromatic carbocycles. The minimum absolute atomic E-state index is 0.0703. The van der Waals surface area contributed by atoms with Crippen LogP contribution in [0, 0.1) is 12.7 Å². The summed E-state index contributed by atoms with van der Waals surface area (Å²) >= 11 is 0. The van der Waals surface area contributed by atoms with Gasteiger partial charge in [0.2, 0.25) is 0 Å². The highest BCUT2D eigenvalue weighted by molar-refractivity contribution is 5.89. The van der Waals surface area contributed by atoms with E-state index in [-0.39, 0.29) is 17.9 Å². The van der Waals surface area contributed by atoms with Crippen LogP contribution in [0.4, 0.5) is 14.9 Å². The fourth-order valence-electron chi connectivity index (χ4n) is 3.34. The Kier molecular flexibility index (Phi) is 5.14. The summed E-state index contributed by atoms with van der Waals surface area (Å²) in [6, 6.07) is 14.3. The highest BCUT2D eigenvalue weighted by atomic mass is 19.1. The van der Waals surface area contributed by atoms with Gasteiger partial charge in [-0.3, -0.25) is 0 Å². The molecule has 126 valence electrons. The minimum Gasteiger partial charge on any atom is -0.317 e. The number of rotatable bonds is 2. The molecule has 2 amide bonds. The number of halogens is 1. The van der Waals surface area contributed by atoms with E-state index in [1.807, 2.05) is 11.0 Å². The highest BCUT2D eigenvalue weighted by Gasteiger charge is 2.26. The van der Waals surface area contributed by atoms with E-state index in [0.29, 0.717) is 5.69 Å². The number of benzene rings is 2. The number of hydrogen-bond donors (Lipinski definition) is 1. The number of urea groups is 1. The Bertz CT molecular complexity index is 716. The van der Waals surface area contributed by atoms with Gasteiger partial charge >= 0.3 is 6.03 Å². The lowest BCUT2D eigenvalue weighted by molar-refractivity contribution is 0.189. The van der Waals surface area contributed by atoms with Gasteiger partial charge in [0.25, 0.3) is 0 Å². The monoisotopic (exact) mass is 326 g/mol. The summed E-state index contributed by atoms with van der Waals surface area (Å²) in [5.74, 6) is -0.348. The van der Waals surface area contributed by atoms with Crippen molar-refractivity contribution < 1.29 is 9.18 Å². The topological polar surface area (TPSA) is 32.3 Å². The first-order valence-electron chi connectivity index (χ1n) is 8.53. The molecule has 1 saturated heterocycles. The zero-order valence-electron chi connectivity index (χ0n) is 14.0. The lowest BCUT2D eigenvalue weighted by atomic mass is 9.99. The Balaban J connectivity index is 1.82. The van der Waals surface area contributed by atoms with Crippen LogP contribution < -0.4 is 5.32 Å². The Morgan fingerprint density at radius 3 is 2.75 bits per heavy atom. The smallest absolute Gasteiger partial charge is 0.317 e. The van der Waals surface area contributed by atoms with Crippen molar-refractivity contribution >= 4 is 11.7 Å². The van der Waals surface area contributed by atoms with E-state index in [1.165, 1.54) is 23.3 Å². The standard InChI is InChI=1S/C20H23FN2O/c1-15-7-5-8-16(13-15)19-11-3-2-4-12-23(19)20(24)22-18-10-6-9-17(21)14-18/h5-10,13-14,19H,2-4,11-12H2,1H3,(H,22,24). The number of aryl methyl sites for hydroxylation is 1. The molecule has 3 nitrogen and oxygen atoms in total. The normalized spacial score (nSPS) is 18.1. The fraction of sp³-hybridized carbons (Fsp3) is 0.350. The van der Waals surface area contributed by atoms with Gasteiger partial charge < -0.3 is 10.2 Å². The lowest BCUT2D eigenvalue weighted by Crippen LogP contribution is -2.38. The number of anilines is 1. The zero-order valence-corrected chi connectivity index (χ0v) is 14.0. The van der Waals surface area contributed by atoms with Crippen molar-refractivity contribution in [2.24, 2.45) is 0 Å². The van der Waals surface area contributed by atoms with Crippen molar-refractivity contribution in [2.75, 3.05) is 11.9 Å². The second-order valence-electron chi connectivity index (χ2n) is 6.41. The predicted octanol–water partition coefficient (Wildman–Crippen LogP) is 5.28. The second kappa shape index (κ2) is 7.47. The average Bonchev–Trinajstić information content (AvgIpc) is 2.81. The van der Waals surface area contributed by atoms with Gasteiger partial charge in [0, 0.05) is 12.2 Å². The summed E-state index contributed by atoms with van der Waals surface area (Å²) in [5.41, 5.74) is 2.86. The van der Waals surface area contributed by atoms with Crippen LogP contribution in [0.25, 0.3) is 0 Å². The number of carbonyl (C=O) groups is 1. The average molecular weight is 326 g/mol. The molecule has 1 unspecified atom stereocenters. The van der Waals surface area contributed by atoms with Crippen LogP contribution in [-0.4, -0.2) is 17.5 Å². The lowest BCUT2D eigenvalue weighted by Gasteiger charge is -2.30. The Hall–Kier alpha value is -2.36. The van der Waals surface area contributed by atoms with Crippen molar-refractivity contribution in [3.63, 3.8) is 0 Å². The number of hydrogen-bond acceptors (Lipinski definition) is 1. The maximum Gasteiger partial charge on any atom is 0.322 e. The van der Waals surface area contributed by atoms with E-state index < -0.39 is 0 Å². The van der Waals surface area contributed by atoms with E-state index >= 15 is 0 Å². The van der Waals surface area contributed by atoms with Gasteiger partial charge in [-0.25, -0.2) is 9.18 Å². The van der Waals surface area contributed by atoms with Gasteiger partial charge in [-0.15, -0.1) is 0 Å². The van der Waals surface area contributed by atoms with Gasteiger partial charge in [0.15, 0.2) is 0 Å². The van der Waals surface area contributed by atoms with E-state index in [9.17, 15) is 9.18 Å². The summed E-state index contributed by atoms with van der Waals surface area (Å²) in [5, 5.41) is 2.84. The summed E-state index contributed by atoms with van der Waals surface area (Å²) in [6.45, 7) is 2.79. The number of likely N-dealkylation sites (tertiary alicyclic amines) is 1. The van der Waals surface area contributed by atoms with Gasteiger partial charge in [-0.2, -0.15) is 0 Å². The fourth-order valence-corrected chi connectivity index (χ4v) is 3.34. The van der Waals surface area contributed by atoms with Gasteiger partial charge in [0.1, 0.15) is 5.82 Å². The summed E-state index contributed by atoms with van der Waals surface area (Å²) in [4.78, 5) is 14.7. The molecule has 1 aliphatic rings. The van der Waals surface area contributed by atoms with Crippen LogP contribution in [0.1, 0.15) is 42.9 Å². The highest BCUT2D eigenvalue weighted by Crippen LogP contribution is 2.31. The second-order valence-corrected chi connectivity index (χ2v) is 6.41. The van der Waals surface area contributed by atoms with Crippen LogP contribution in [-0.2, 0) is 0 Å². The summed E-state index contributed by atoms with van der Waals surface area (Å²) < 4.78 is 13.3. The quantitative estimate of drug-likeness (QED) is 0.799. The van der Waals surface area contributed by atoms with Crippen LogP contribution in [0.2, 0.25) is 0 Å². The molecule has 0 spiro atoms. The molecule has 0 bridgehead atoms. The molecule has 1 aliphatic heterocycles. The van der Waals surface area contributed by atoms with Crippen molar-refractivity contribution in [2.45, 2.75) is 38.6 Å². The maximum absolute atomic E-state index is 13.3. The number of carbonyl (C=O) groups excluding carboxylic acids is 1. The largest absolute Gasteiger partial charge is 0.322 e. The first kappa shape index (κ1) is 16.5. The Morgan fingerprint density at radius 2 is 1.96 bits per heavy atom.